The normalized spacial score (nSPS) is 15.4. The van der Waals surface area contributed by atoms with Crippen molar-refractivity contribution < 1.29 is 91.1 Å². The summed E-state index contributed by atoms with van der Waals surface area (Å²) in [7, 11) is 0. The first-order chi connectivity index (χ1) is 69.0. The van der Waals surface area contributed by atoms with E-state index in [0.29, 0.717) is 145 Å². The van der Waals surface area contributed by atoms with Gasteiger partial charge in [-0.1, -0.05) is 152 Å². The van der Waals surface area contributed by atoms with Crippen molar-refractivity contribution in [2.24, 2.45) is 69.7 Å². The Morgan fingerprint density at radius 2 is 0.538 bits per heavy atom. The first-order valence-corrected chi connectivity index (χ1v) is 52.4. The number of hydrogen-bond acceptors (Lipinski definition) is 25. The van der Waals surface area contributed by atoms with E-state index in [1.807, 2.05) is 13.8 Å². The summed E-state index contributed by atoms with van der Waals surface area (Å²) in [6, 6.07) is -11.7. The van der Waals surface area contributed by atoms with Crippen molar-refractivity contribution >= 4 is 123 Å². The Morgan fingerprint density at radius 1 is 0.269 bits per heavy atom. The van der Waals surface area contributed by atoms with Crippen LogP contribution in [0.5, 0.6) is 0 Å². The zero-order valence-electron chi connectivity index (χ0n) is 88.3. The number of unbranched alkanes of at least 4 members (excludes halogenated alkanes) is 10. The molecule has 0 aliphatic heterocycles. The smallest absolute Gasteiger partial charge is 0.243 e. The molecule has 1 heterocycles. The van der Waals surface area contributed by atoms with Crippen LogP contribution in [0.15, 0.2) is 30.5 Å². The molecule has 0 spiro atoms. The van der Waals surface area contributed by atoms with Gasteiger partial charge in [0.15, 0.2) is 0 Å². The van der Waals surface area contributed by atoms with E-state index in [4.69, 9.17) is 40.1 Å². The third kappa shape index (κ3) is 49.0. The lowest BCUT2D eigenvalue weighted by Gasteiger charge is -2.30. The van der Waals surface area contributed by atoms with E-state index in [1.165, 1.54) is 20.8 Å². The molecule has 145 heavy (non-hydrogen) atoms. The molecule has 20 atom stereocenters. The second kappa shape index (κ2) is 72.7. The van der Waals surface area contributed by atoms with Gasteiger partial charge in [-0.25, -0.2) is 0 Å². The number of rotatable bonds is 78. The zero-order valence-corrected chi connectivity index (χ0v) is 88.3. The molecule has 2 aromatic rings. The minimum Gasteiger partial charge on any atom is -0.368 e. The predicted molar refractivity (Wildman–Crippen MR) is 554 cm³/mol. The molecule has 822 valence electrons. The average Bonchev–Trinajstić information content (AvgIpc) is 1.69. The Morgan fingerprint density at radius 3 is 0.848 bits per heavy atom. The number of amides is 19. The number of carbonyl (C=O) groups is 19. The molecule has 1 aromatic heterocycles. The summed E-state index contributed by atoms with van der Waals surface area (Å²) in [5.74, 6) is -16.8. The lowest BCUT2D eigenvalue weighted by atomic mass is 9.96. The van der Waals surface area contributed by atoms with Gasteiger partial charge in [0.2, 0.25) is 112 Å². The van der Waals surface area contributed by atoms with Gasteiger partial charge in [0.1, 0.15) is 90.6 Å². The van der Waals surface area contributed by atoms with E-state index in [-0.39, 0.29) is 89.4 Å². The Bertz CT molecular complexity index is 4370. The fourth-order valence-corrected chi connectivity index (χ4v) is 15.9. The van der Waals surface area contributed by atoms with Gasteiger partial charge in [-0.3, -0.25) is 91.1 Å². The van der Waals surface area contributed by atoms with Crippen LogP contribution in [0.3, 0.4) is 0 Å². The first-order valence-electron chi connectivity index (χ1n) is 52.4. The molecule has 0 fully saturated rings. The number of fused-ring (bicyclic) bond motifs is 1. The third-order valence-corrected chi connectivity index (χ3v) is 26.3. The lowest BCUT2D eigenvalue weighted by Crippen LogP contribution is -2.61. The number of nitrogens with two attached hydrogens (primary N) is 7. The molecule has 0 bridgehead atoms. The second-order valence-electron chi connectivity index (χ2n) is 38.2. The summed E-state index contributed by atoms with van der Waals surface area (Å²) in [5, 5.41) is 48.8. The number of aromatic nitrogens is 1. The van der Waals surface area contributed by atoms with E-state index >= 15 is 0 Å². The van der Waals surface area contributed by atoms with Crippen molar-refractivity contribution in [3.63, 3.8) is 0 Å². The summed E-state index contributed by atoms with van der Waals surface area (Å²) >= 11 is 0. The highest BCUT2D eigenvalue weighted by Gasteiger charge is 2.40. The Labute approximate surface area is 855 Å². The minimum absolute atomic E-state index is 0.00260. The number of primary amides is 1. The quantitative estimate of drug-likeness (QED) is 0.0362. The molecule has 0 aliphatic rings. The van der Waals surface area contributed by atoms with Crippen molar-refractivity contribution in [2.75, 3.05) is 58.9 Å². The molecular weight excluding hydrogens is 1870 g/mol. The predicted octanol–water partition coefficient (Wildman–Crippen LogP) is -0.759. The van der Waals surface area contributed by atoms with Crippen LogP contribution in [0.4, 0.5) is 0 Å². The molecule has 45 nitrogen and oxygen atoms in total. The number of carbonyl (C=O) groups excluding carboxylic acids is 19. The molecule has 0 radical (unpaired) electrons. The number of nitrogens with one attached hydrogen (secondary N) is 19. The van der Waals surface area contributed by atoms with Crippen LogP contribution in [0.25, 0.3) is 10.9 Å². The van der Waals surface area contributed by atoms with Gasteiger partial charge in [0.25, 0.3) is 0 Å². The van der Waals surface area contributed by atoms with Crippen LogP contribution in [-0.2, 0) is 97.5 Å². The molecule has 33 N–H and O–H groups in total. The Kier molecular flexibility index (Phi) is 64.9. The van der Waals surface area contributed by atoms with Crippen molar-refractivity contribution in [3.05, 3.63) is 36.0 Å². The first kappa shape index (κ1) is 130. The Balaban J connectivity index is 2.40. The summed E-state index contributed by atoms with van der Waals surface area (Å²) in [6.45, 7) is 23.2. The fourth-order valence-electron chi connectivity index (χ4n) is 15.9. The Hall–Kier alpha value is -11.5. The van der Waals surface area contributed by atoms with Crippen LogP contribution >= 0.6 is 0 Å². The summed E-state index contributed by atoms with van der Waals surface area (Å²) in [6.07, 6.45) is 13.8. The highest BCUT2D eigenvalue weighted by molar-refractivity contribution is 6.01. The molecule has 0 saturated carbocycles. The number of para-hydroxylation sites is 1. The maximum absolute atomic E-state index is 14.9. The van der Waals surface area contributed by atoms with Gasteiger partial charge in [-0.05, 0) is 223 Å². The van der Waals surface area contributed by atoms with Crippen molar-refractivity contribution in [3.8, 4) is 0 Å². The molecular formula is C100H178N26O19. The molecule has 1 aromatic carbocycles. The van der Waals surface area contributed by atoms with Gasteiger partial charge in [-0.2, -0.15) is 0 Å². The number of benzene rings is 1. The van der Waals surface area contributed by atoms with Crippen LogP contribution < -0.4 is 136 Å². The topological polar surface area (TPSA) is 739 Å². The molecule has 0 unspecified atom stereocenters. The number of hydrogen-bond donors (Lipinski definition) is 26. The molecule has 0 saturated heterocycles. The molecule has 0 aliphatic carbocycles. The van der Waals surface area contributed by atoms with E-state index in [1.54, 1.807) is 85.9 Å². The highest BCUT2D eigenvalue weighted by Crippen LogP contribution is 2.23. The summed E-state index contributed by atoms with van der Waals surface area (Å²) in [4.78, 5) is 269. The van der Waals surface area contributed by atoms with Crippen LogP contribution in [0.2, 0.25) is 0 Å². The largest absolute Gasteiger partial charge is 0.368 e. The standard InChI is InChI=1S/C100H178N26O19/c1-15-21-22-23-24-47-77(127)115-70(41-27-33-48-101)92(137)123-82(60(8)17-3)97(142)110-57-79(129)114-66(14)89(134)118-73(44-30-36-51-104)94(139)125-84(62(10)19-5)99(144)119-71(42-28-34-49-102)91(136)121-76(54-67-55-108-69-40-26-25-39-68(67)69)90(135)109-56-78(128)112-64(12)88(133)117-74(45-31-37-52-105)95(140)126-85(63(11)20-6)100(145)120-75(46-32-38-53-106)96(141)124-83(61(9)18-4)98(143)111-58-80(130)113-65(13)87(132)116-72(43-29-35-50-103)93(138)122-81(86(107)131)59(7)16-2/h25-26,39-40,55,59-66,70-76,81-85,108H,15-24,27-38,41-54,56-58,101-106H2,1-14H3,(H2,107,131)(H,109,135)(H,110,142)(H,111,143)(H,112,128)(H,113,130)(H,114,129)(H,115,127)(H,116,132)(H,117,133)(H,118,134)(H,119,144)(H,120,145)(H,121,136)(H,122,138)(H,123,137)(H,124,141)(H,125,139)(H,126,140)/t59-,60-,61-,62-,63-,64-,65-,66-,70-,71-,72-,73-,74-,75-,76-,81-,82-,83-,84-,85-/m0/s1. The van der Waals surface area contributed by atoms with Crippen molar-refractivity contribution in [1.82, 2.24) is 101 Å². The fraction of sp³-hybridized carbons (Fsp3) is 0.730. The second-order valence-corrected chi connectivity index (χ2v) is 38.2. The minimum atomic E-state index is -1.45. The highest BCUT2D eigenvalue weighted by atomic mass is 16.2. The maximum atomic E-state index is 14.9. The van der Waals surface area contributed by atoms with E-state index in [0.717, 1.165) is 25.7 Å². The van der Waals surface area contributed by atoms with E-state index in [2.05, 4.69) is 108 Å². The van der Waals surface area contributed by atoms with Gasteiger partial charge < -0.3 is 141 Å². The molecule has 19 amide bonds. The number of aromatic amines is 1. The van der Waals surface area contributed by atoms with Crippen LogP contribution in [0.1, 0.15) is 289 Å². The van der Waals surface area contributed by atoms with Crippen molar-refractivity contribution in [1.29, 1.82) is 0 Å². The monoisotopic (exact) mass is 2050 g/mol. The summed E-state index contributed by atoms with van der Waals surface area (Å²) < 4.78 is 0. The van der Waals surface area contributed by atoms with Gasteiger partial charge in [0.05, 0.1) is 19.6 Å². The van der Waals surface area contributed by atoms with Gasteiger partial charge in [-0.15, -0.1) is 0 Å². The maximum Gasteiger partial charge on any atom is 0.243 e. The van der Waals surface area contributed by atoms with E-state index < -0.39 is 240 Å². The van der Waals surface area contributed by atoms with Crippen LogP contribution in [-0.4, -0.2) is 267 Å². The number of H-pyrrole nitrogens is 1. The van der Waals surface area contributed by atoms with Crippen molar-refractivity contribution in [2.45, 2.75) is 380 Å². The summed E-state index contributed by atoms with van der Waals surface area (Å²) in [5.41, 5.74) is 41.8. The molecule has 2 rings (SSSR count). The average molecular weight is 2050 g/mol. The SMILES string of the molecule is CCCCCCCC(=O)N[C@@H](CCCCN)C(=O)N[C@H](C(=O)NCC(=O)N[C@@H](C)C(=O)N[C@@H](CCCCN)C(=O)N[C@H](C(=O)N[C@@H](CCCCN)C(=O)N[C@@H](Cc1c[nH]c2ccccc12)C(=O)NCC(=O)N[C@@H](C)C(=O)N[C@@H](CCCCN)C(=O)N[C@H](C(=O)N[C@@H](CCCCN)C(=O)N[C@H](C(=O)NCC(=O)N[C@@H](C)C(=O)N[C@@H](CCCCN)C(=O)N[C@H](C(N)=O)[C@@H](C)CC)[C@@H](C)CC)[C@@H](C)CC)[C@@H](C)CC)[C@@H](C)CC. The van der Waals surface area contributed by atoms with Crippen LogP contribution in [0, 0.1) is 29.6 Å². The lowest BCUT2D eigenvalue weighted by molar-refractivity contribution is -0.136. The molecule has 45 heteroatoms. The van der Waals surface area contributed by atoms with Gasteiger partial charge in [0, 0.05) is 29.9 Å². The third-order valence-electron chi connectivity index (χ3n) is 26.3. The zero-order chi connectivity index (χ0) is 109. The van der Waals surface area contributed by atoms with Gasteiger partial charge >= 0.3 is 0 Å². The van der Waals surface area contributed by atoms with E-state index in [9.17, 15) is 91.1 Å².